The maximum atomic E-state index is 6.19. The molecule has 13 heavy (non-hydrogen) atoms. The number of benzene rings is 1. The smallest absolute Gasteiger partial charge is 0.0406 e. The first-order chi connectivity index (χ1) is 5.94. The van der Waals surface area contributed by atoms with E-state index in [1.165, 1.54) is 0 Å². The summed E-state index contributed by atoms with van der Waals surface area (Å²) in [5.41, 5.74) is 7.05. The fourth-order valence-electron chi connectivity index (χ4n) is 1.14. The molecule has 1 nitrogen and oxygen atoms in total. The summed E-state index contributed by atoms with van der Waals surface area (Å²) < 4.78 is 0. The SMILES string of the molecule is CC(C)C(C)(N)c1ccc(Cl)cc1. The zero-order valence-corrected chi connectivity index (χ0v) is 9.10. The van der Waals surface area contributed by atoms with Gasteiger partial charge < -0.3 is 5.73 Å². The molecule has 2 N–H and O–H groups in total. The molecule has 1 rings (SSSR count). The predicted octanol–water partition coefficient (Wildman–Crippen LogP) is 3.17. The lowest BCUT2D eigenvalue weighted by atomic mass is 9.83. The van der Waals surface area contributed by atoms with Crippen LogP contribution in [0.5, 0.6) is 0 Å². The van der Waals surface area contributed by atoms with Crippen molar-refractivity contribution in [1.29, 1.82) is 0 Å². The molecule has 2 heteroatoms. The van der Waals surface area contributed by atoms with E-state index in [-0.39, 0.29) is 5.54 Å². The average molecular weight is 198 g/mol. The van der Waals surface area contributed by atoms with Crippen LogP contribution in [0.3, 0.4) is 0 Å². The summed E-state index contributed by atoms with van der Waals surface area (Å²) in [5.74, 6) is 0.411. The van der Waals surface area contributed by atoms with E-state index < -0.39 is 0 Å². The molecular weight excluding hydrogens is 182 g/mol. The Balaban J connectivity index is 3.01. The molecule has 0 aliphatic heterocycles. The minimum atomic E-state index is -0.273. The molecule has 0 radical (unpaired) electrons. The van der Waals surface area contributed by atoms with E-state index in [0.717, 1.165) is 10.6 Å². The number of rotatable bonds is 2. The van der Waals surface area contributed by atoms with Crippen molar-refractivity contribution in [3.8, 4) is 0 Å². The topological polar surface area (TPSA) is 26.0 Å². The van der Waals surface area contributed by atoms with Gasteiger partial charge in [0.05, 0.1) is 0 Å². The summed E-state index contributed by atoms with van der Waals surface area (Å²) in [4.78, 5) is 0. The van der Waals surface area contributed by atoms with Crippen LogP contribution in [0.2, 0.25) is 5.02 Å². The van der Waals surface area contributed by atoms with E-state index in [9.17, 15) is 0 Å². The van der Waals surface area contributed by atoms with Gasteiger partial charge in [-0.05, 0) is 30.5 Å². The third kappa shape index (κ3) is 2.23. The highest BCUT2D eigenvalue weighted by molar-refractivity contribution is 6.30. The Hall–Kier alpha value is -0.530. The molecule has 0 aliphatic carbocycles. The summed E-state index contributed by atoms with van der Waals surface area (Å²) in [7, 11) is 0. The molecule has 0 bridgehead atoms. The lowest BCUT2D eigenvalue weighted by Gasteiger charge is -2.29. The first kappa shape index (κ1) is 10.6. The Morgan fingerprint density at radius 3 is 2.08 bits per heavy atom. The van der Waals surface area contributed by atoms with Crippen molar-refractivity contribution >= 4 is 11.6 Å². The molecule has 1 unspecified atom stereocenters. The number of nitrogens with two attached hydrogens (primary N) is 1. The van der Waals surface area contributed by atoms with Gasteiger partial charge in [0.15, 0.2) is 0 Å². The van der Waals surface area contributed by atoms with Crippen LogP contribution in [0.1, 0.15) is 26.3 Å². The van der Waals surface area contributed by atoms with Gasteiger partial charge in [0, 0.05) is 10.6 Å². The van der Waals surface area contributed by atoms with Crippen molar-refractivity contribution in [2.24, 2.45) is 11.7 Å². The fourth-order valence-corrected chi connectivity index (χ4v) is 1.27. The standard InChI is InChI=1S/C11H16ClN/c1-8(2)11(3,13)9-4-6-10(12)7-5-9/h4-8H,13H2,1-3H3. The van der Waals surface area contributed by atoms with Gasteiger partial charge in [-0.25, -0.2) is 0 Å². The van der Waals surface area contributed by atoms with Crippen LogP contribution in [-0.2, 0) is 5.54 Å². The van der Waals surface area contributed by atoms with Gasteiger partial charge in [-0.3, -0.25) is 0 Å². The van der Waals surface area contributed by atoms with Crippen LogP contribution in [-0.4, -0.2) is 0 Å². The third-order valence-corrected chi connectivity index (χ3v) is 2.92. The number of hydrogen-bond donors (Lipinski definition) is 1. The molecule has 0 spiro atoms. The van der Waals surface area contributed by atoms with Crippen molar-refractivity contribution in [2.75, 3.05) is 0 Å². The molecule has 1 aromatic rings. The van der Waals surface area contributed by atoms with Gasteiger partial charge in [-0.15, -0.1) is 0 Å². The molecule has 0 aliphatic rings. The van der Waals surface area contributed by atoms with Gasteiger partial charge in [0.25, 0.3) is 0 Å². The fraction of sp³-hybridized carbons (Fsp3) is 0.455. The molecule has 1 aromatic carbocycles. The first-order valence-electron chi connectivity index (χ1n) is 4.49. The minimum absolute atomic E-state index is 0.273. The molecule has 0 heterocycles. The zero-order valence-electron chi connectivity index (χ0n) is 8.34. The van der Waals surface area contributed by atoms with Crippen LogP contribution in [0.25, 0.3) is 0 Å². The largest absolute Gasteiger partial charge is 0.321 e. The summed E-state index contributed by atoms with van der Waals surface area (Å²) in [6, 6.07) is 7.74. The maximum Gasteiger partial charge on any atom is 0.0406 e. The summed E-state index contributed by atoms with van der Waals surface area (Å²) >= 11 is 5.80. The van der Waals surface area contributed by atoms with E-state index in [0.29, 0.717) is 5.92 Å². The molecule has 0 fully saturated rings. The second kappa shape index (κ2) is 3.69. The van der Waals surface area contributed by atoms with E-state index in [1.54, 1.807) is 0 Å². The lowest BCUT2D eigenvalue weighted by molar-refractivity contribution is 0.350. The van der Waals surface area contributed by atoms with E-state index in [4.69, 9.17) is 17.3 Å². The molecule has 1 atom stereocenters. The third-order valence-electron chi connectivity index (χ3n) is 2.67. The van der Waals surface area contributed by atoms with Crippen LogP contribution in [0, 0.1) is 5.92 Å². The molecule has 72 valence electrons. The molecule has 0 saturated heterocycles. The van der Waals surface area contributed by atoms with E-state index in [1.807, 2.05) is 31.2 Å². The van der Waals surface area contributed by atoms with Crippen molar-refractivity contribution in [1.82, 2.24) is 0 Å². The second-order valence-corrected chi connectivity index (χ2v) is 4.38. The molecular formula is C11H16ClN. The highest BCUT2D eigenvalue weighted by atomic mass is 35.5. The van der Waals surface area contributed by atoms with Gasteiger partial charge in [-0.1, -0.05) is 37.6 Å². The van der Waals surface area contributed by atoms with Crippen LogP contribution in [0.15, 0.2) is 24.3 Å². The number of halogens is 1. The highest BCUT2D eigenvalue weighted by Crippen LogP contribution is 2.26. The van der Waals surface area contributed by atoms with Gasteiger partial charge in [0.2, 0.25) is 0 Å². The Bertz CT molecular complexity index is 275. The van der Waals surface area contributed by atoms with Crippen molar-refractivity contribution in [3.05, 3.63) is 34.9 Å². The summed E-state index contributed by atoms with van der Waals surface area (Å²) in [6.07, 6.45) is 0. The van der Waals surface area contributed by atoms with Gasteiger partial charge in [0.1, 0.15) is 0 Å². The Labute approximate surface area is 84.9 Å². The Morgan fingerprint density at radius 1 is 1.23 bits per heavy atom. The van der Waals surface area contributed by atoms with Gasteiger partial charge in [-0.2, -0.15) is 0 Å². The number of hydrogen-bond acceptors (Lipinski definition) is 1. The average Bonchev–Trinajstić information content (AvgIpc) is 2.04. The van der Waals surface area contributed by atoms with E-state index in [2.05, 4.69) is 13.8 Å². The normalized spacial score (nSPS) is 15.8. The quantitative estimate of drug-likeness (QED) is 0.775. The van der Waals surface area contributed by atoms with Crippen molar-refractivity contribution < 1.29 is 0 Å². The lowest BCUT2D eigenvalue weighted by Crippen LogP contribution is -2.38. The van der Waals surface area contributed by atoms with Gasteiger partial charge >= 0.3 is 0 Å². The van der Waals surface area contributed by atoms with Crippen molar-refractivity contribution in [2.45, 2.75) is 26.3 Å². The van der Waals surface area contributed by atoms with Crippen LogP contribution in [0.4, 0.5) is 0 Å². The minimum Gasteiger partial charge on any atom is -0.321 e. The summed E-state index contributed by atoms with van der Waals surface area (Å²) in [6.45, 7) is 6.28. The van der Waals surface area contributed by atoms with Crippen molar-refractivity contribution in [3.63, 3.8) is 0 Å². The summed E-state index contributed by atoms with van der Waals surface area (Å²) in [5, 5.41) is 0.753. The predicted molar refractivity (Wildman–Crippen MR) is 57.8 cm³/mol. The molecule has 0 amide bonds. The zero-order chi connectivity index (χ0) is 10.1. The maximum absolute atomic E-state index is 6.19. The Morgan fingerprint density at radius 2 is 1.69 bits per heavy atom. The molecule has 0 aromatic heterocycles. The second-order valence-electron chi connectivity index (χ2n) is 3.94. The van der Waals surface area contributed by atoms with Crippen LogP contribution >= 0.6 is 11.6 Å². The Kier molecular flexibility index (Phi) is 2.99. The first-order valence-corrected chi connectivity index (χ1v) is 4.87. The van der Waals surface area contributed by atoms with E-state index >= 15 is 0 Å². The van der Waals surface area contributed by atoms with Crippen LogP contribution < -0.4 is 5.73 Å². The molecule has 0 saturated carbocycles. The highest BCUT2D eigenvalue weighted by Gasteiger charge is 2.24. The monoisotopic (exact) mass is 197 g/mol.